The van der Waals surface area contributed by atoms with Crippen molar-refractivity contribution in [2.24, 2.45) is 21.7 Å². The lowest BCUT2D eigenvalue weighted by Gasteiger charge is -1.96. The van der Waals surface area contributed by atoms with Crippen LogP contribution in [0.15, 0.2) is 22.7 Å². The molecule has 1 aromatic rings. The predicted octanol–water partition coefficient (Wildman–Crippen LogP) is -0.490. The van der Waals surface area contributed by atoms with Gasteiger partial charge in [-0.25, -0.2) is 4.98 Å². The molecule has 0 aromatic carbocycles. The predicted molar refractivity (Wildman–Crippen MR) is 51.3 cm³/mol. The number of aryl methyl sites for hydroxylation is 1. The van der Waals surface area contributed by atoms with Crippen LogP contribution in [0.4, 0.5) is 0 Å². The number of nitrogens with two attached hydrogens (primary N) is 2. The number of nitrogens with zero attached hydrogens (tertiary/aromatic N) is 4. The zero-order chi connectivity index (χ0) is 9.68. The van der Waals surface area contributed by atoms with Gasteiger partial charge in [-0.3, -0.25) is 0 Å². The van der Waals surface area contributed by atoms with Gasteiger partial charge in [-0.15, -0.1) is 5.10 Å². The fourth-order valence-corrected chi connectivity index (χ4v) is 0.857. The first-order valence-corrected chi connectivity index (χ1v) is 3.86. The maximum absolute atomic E-state index is 5.09. The molecule has 0 amide bonds. The molecule has 0 aliphatic carbocycles. The third kappa shape index (κ3) is 2.58. The average molecular weight is 180 g/mol. The second kappa shape index (κ2) is 4.24. The number of aromatic nitrogens is 2. The van der Waals surface area contributed by atoms with Gasteiger partial charge in [-0.2, -0.15) is 5.10 Å². The Morgan fingerprint density at radius 1 is 1.69 bits per heavy atom. The molecule has 0 saturated carbocycles. The van der Waals surface area contributed by atoms with E-state index in [1.165, 1.54) is 0 Å². The van der Waals surface area contributed by atoms with Crippen molar-refractivity contribution < 1.29 is 0 Å². The van der Waals surface area contributed by atoms with E-state index < -0.39 is 0 Å². The summed E-state index contributed by atoms with van der Waals surface area (Å²) in [4.78, 5) is 3.95. The molecule has 0 atom stereocenters. The molecule has 1 rings (SSSR count). The first-order valence-electron chi connectivity index (χ1n) is 3.86. The molecule has 6 nitrogen and oxygen atoms in total. The summed E-state index contributed by atoms with van der Waals surface area (Å²) in [6.07, 6.45) is 4.96. The second-order valence-corrected chi connectivity index (χ2v) is 2.37. The van der Waals surface area contributed by atoms with Gasteiger partial charge >= 0.3 is 0 Å². The zero-order valence-corrected chi connectivity index (χ0v) is 7.38. The third-order valence-corrected chi connectivity index (χ3v) is 1.45. The molecule has 0 unspecified atom stereocenters. The minimum Gasteiger partial charge on any atom is -0.369 e. The highest BCUT2D eigenvalue weighted by molar-refractivity contribution is 5.79. The molecule has 0 saturated heterocycles. The van der Waals surface area contributed by atoms with E-state index >= 15 is 0 Å². The molecule has 1 heterocycles. The van der Waals surface area contributed by atoms with Crippen molar-refractivity contribution in [2.75, 3.05) is 0 Å². The number of guanidine groups is 1. The van der Waals surface area contributed by atoms with Gasteiger partial charge < -0.3 is 16.0 Å². The fraction of sp³-hybridized carbons (Fsp3) is 0.286. The molecule has 6 heteroatoms. The highest BCUT2D eigenvalue weighted by atomic mass is 15.3. The van der Waals surface area contributed by atoms with E-state index in [0.717, 1.165) is 12.2 Å². The minimum absolute atomic E-state index is 0.0567. The summed E-state index contributed by atoms with van der Waals surface area (Å²) in [5, 5.41) is 7.15. The second-order valence-electron chi connectivity index (χ2n) is 2.37. The Labute approximate surface area is 76.0 Å². The smallest absolute Gasteiger partial charge is 0.211 e. The van der Waals surface area contributed by atoms with Crippen molar-refractivity contribution >= 4 is 12.2 Å². The van der Waals surface area contributed by atoms with Gasteiger partial charge in [-0.05, 0) is 6.92 Å². The minimum atomic E-state index is -0.0567. The monoisotopic (exact) mass is 180 g/mol. The van der Waals surface area contributed by atoms with Crippen LogP contribution in [-0.2, 0) is 6.54 Å². The van der Waals surface area contributed by atoms with E-state index in [4.69, 9.17) is 11.5 Å². The third-order valence-electron chi connectivity index (χ3n) is 1.45. The first kappa shape index (κ1) is 9.24. The molecule has 1 aromatic heterocycles. The summed E-state index contributed by atoms with van der Waals surface area (Å²) in [6.45, 7) is 2.85. The fourth-order valence-electron chi connectivity index (χ4n) is 0.857. The Bertz CT molecular complexity index is 319. The quantitative estimate of drug-likeness (QED) is 0.373. The Hall–Kier alpha value is -1.85. The van der Waals surface area contributed by atoms with E-state index in [9.17, 15) is 0 Å². The summed E-state index contributed by atoms with van der Waals surface area (Å²) >= 11 is 0. The van der Waals surface area contributed by atoms with E-state index in [2.05, 4.69) is 15.2 Å². The zero-order valence-electron chi connectivity index (χ0n) is 7.38. The Kier molecular flexibility index (Phi) is 3.02. The van der Waals surface area contributed by atoms with Crippen LogP contribution in [0.3, 0.4) is 0 Å². The molecule has 4 N–H and O–H groups in total. The van der Waals surface area contributed by atoms with Crippen molar-refractivity contribution in [1.82, 2.24) is 9.55 Å². The van der Waals surface area contributed by atoms with E-state index in [1.807, 2.05) is 11.5 Å². The van der Waals surface area contributed by atoms with Crippen LogP contribution in [-0.4, -0.2) is 21.7 Å². The molecule has 0 bridgehead atoms. The number of hydrogen-bond donors (Lipinski definition) is 2. The van der Waals surface area contributed by atoms with E-state index in [1.54, 1.807) is 18.7 Å². The highest BCUT2D eigenvalue weighted by Gasteiger charge is 1.94. The van der Waals surface area contributed by atoms with Crippen LogP contribution in [0.1, 0.15) is 12.6 Å². The van der Waals surface area contributed by atoms with Gasteiger partial charge in [0.25, 0.3) is 0 Å². The van der Waals surface area contributed by atoms with Crippen molar-refractivity contribution in [3.05, 3.63) is 18.2 Å². The SMILES string of the molecule is CCn1cncc1/C=N/N=C(N)N. The van der Waals surface area contributed by atoms with Crippen LogP contribution in [0, 0.1) is 0 Å². The van der Waals surface area contributed by atoms with Crippen molar-refractivity contribution in [3.8, 4) is 0 Å². The molecule has 0 radical (unpaired) electrons. The highest BCUT2D eigenvalue weighted by Crippen LogP contribution is 1.94. The Balaban J connectivity index is 2.73. The molecule has 0 fully saturated rings. The van der Waals surface area contributed by atoms with E-state index in [-0.39, 0.29) is 5.96 Å². The molecule has 0 aliphatic heterocycles. The van der Waals surface area contributed by atoms with Gasteiger partial charge in [0.05, 0.1) is 24.4 Å². The molecular formula is C7H12N6. The van der Waals surface area contributed by atoms with E-state index in [0.29, 0.717) is 0 Å². The van der Waals surface area contributed by atoms with Crippen molar-refractivity contribution in [3.63, 3.8) is 0 Å². The summed E-state index contributed by atoms with van der Waals surface area (Å²) in [5.74, 6) is -0.0567. The normalized spacial score (nSPS) is 10.5. The lowest BCUT2D eigenvalue weighted by atomic mass is 10.5. The molecule has 13 heavy (non-hydrogen) atoms. The Morgan fingerprint density at radius 3 is 3.08 bits per heavy atom. The van der Waals surface area contributed by atoms with Gasteiger partial charge in [0.15, 0.2) is 0 Å². The first-order chi connectivity index (χ1) is 6.24. The number of imidazole rings is 1. The summed E-state index contributed by atoms with van der Waals surface area (Å²) in [5.41, 5.74) is 11.1. The maximum Gasteiger partial charge on any atom is 0.211 e. The molecule has 0 aliphatic rings. The maximum atomic E-state index is 5.09. The van der Waals surface area contributed by atoms with Gasteiger partial charge in [-0.1, -0.05) is 0 Å². The summed E-state index contributed by atoms with van der Waals surface area (Å²) < 4.78 is 1.92. The van der Waals surface area contributed by atoms with Crippen LogP contribution in [0.2, 0.25) is 0 Å². The molecule has 0 spiro atoms. The summed E-state index contributed by atoms with van der Waals surface area (Å²) in [6, 6.07) is 0. The van der Waals surface area contributed by atoms with Crippen molar-refractivity contribution in [2.45, 2.75) is 13.5 Å². The Morgan fingerprint density at radius 2 is 2.46 bits per heavy atom. The van der Waals surface area contributed by atoms with Crippen LogP contribution in [0.25, 0.3) is 0 Å². The largest absolute Gasteiger partial charge is 0.369 e. The molecular weight excluding hydrogens is 168 g/mol. The average Bonchev–Trinajstić information content (AvgIpc) is 2.51. The van der Waals surface area contributed by atoms with Crippen LogP contribution >= 0.6 is 0 Å². The van der Waals surface area contributed by atoms with Crippen LogP contribution in [0.5, 0.6) is 0 Å². The standard InChI is InChI=1S/C7H12N6/c1-2-13-5-10-3-6(13)4-11-12-7(8)9/h3-5H,2H2,1H3,(H4,8,9,12)/b11-4+. The van der Waals surface area contributed by atoms with Gasteiger partial charge in [0, 0.05) is 6.54 Å². The van der Waals surface area contributed by atoms with Crippen LogP contribution < -0.4 is 11.5 Å². The topological polar surface area (TPSA) is 94.6 Å². The van der Waals surface area contributed by atoms with Gasteiger partial charge in [0.1, 0.15) is 0 Å². The summed E-state index contributed by atoms with van der Waals surface area (Å²) in [7, 11) is 0. The number of hydrogen-bond acceptors (Lipinski definition) is 3. The van der Waals surface area contributed by atoms with Gasteiger partial charge in [0.2, 0.25) is 5.96 Å². The number of rotatable bonds is 3. The lowest BCUT2D eigenvalue weighted by Crippen LogP contribution is -2.21. The lowest BCUT2D eigenvalue weighted by molar-refractivity contribution is 0.756. The van der Waals surface area contributed by atoms with Crippen molar-refractivity contribution in [1.29, 1.82) is 0 Å². The molecule has 70 valence electrons.